The third kappa shape index (κ3) is 4.53. The number of nitrogens with zero attached hydrogens (tertiary/aromatic N) is 1. The molecule has 1 aromatic carbocycles. The number of nitro benzene ring substituents is 1. The van der Waals surface area contributed by atoms with E-state index >= 15 is 0 Å². The number of benzene rings is 1. The van der Waals surface area contributed by atoms with Gasteiger partial charge in [0.05, 0.1) is 4.92 Å². The van der Waals surface area contributed by atoms with Gasteiger partial charge in [0, 0.05) is 18.2 Å². The maximum absolute atomic E-state index is 10.6. The van der Waals surface area contributed by atoms with E-state index in [0.29, 0.717) is 6.04 Å². The molecule has 0 spiro atoms. The smallest absolute Gasteiger partial charge is 0.269 e. The Labute approximate surface area is 102 Å². The molecule has 0 saturated heterocycles. The van der Waals surface area contributed by atoms with Crippen molar-refractivity contribution in [2.75, 3.05) is 7.05 Å². The first-order valence-corrected chi connectivity index (χ1v) is 6.08. The van der Waals surface area contributed by atoms with Gasteiger partial charge < -0.3 is 5.32 Å². The van der Waals surface area contributed by atoms with Gasteiger partial charge in [0.25, 0.3) is 5.69 Å². The van der Waals surface area contributed by atoms with Crippen LogP contribution in [0.3, 0.4) is 0 Å². The van der Waals surface area contributed by atoms with Crippen LogP contribution in [0.2, 0.25) is 0 Å². The molecule has 0 aromatic heterocycles. The highest BCUT2D eigenvalue weighted by Gasteiger charge is 2.08. The van der Waals surface area contributed by atoms with Gasteiger partial charge in [-0.25, -0.2) is 0 Å². The van der Waals surface area contributed by atoms with Gasteiger partial charge in [-0.05, 0) is 31.9 Å². The van der Waals surface area contributed by atoms with Gasteiger partial charge in [-0.2, -0.15) is 0 Å². The number of hydrogen-bond donors (Lipinski definition) is 1. The van der Waals surface area contributed by atoms with Crippen molar-refractivity contribution >= 4 is 5.69 Å². The summed E-state index contributed by atoms with van der Waals surface area (Å²) in [5.74, 6) is 0. The van der Waals surface area contributed by atoms with Crippen molar-refractivity contribution in [1.82, 2.24) is 5.32 Å². The van der Waals surface area contributed by atoms with Crippen LogP contribution in [0.5, 0.6) is 0 Å². The molecule has 17 heavy (non-hydrogen) atoms. The average molecular weight is 236 g/mol. The minimum Gasteiger partial charge on any atom is -0.317 e. The van der Waals surface area contributed by atoms with E-state index < -0.39 is 0 Å². The average Bonchev–Trinajstić information content (AvgIpc) is 2.34. The van der Waals surface area contributed by atoms with Crippen LogP contribution in [0.4, 0.5) is 5.69 Å². The molecule has 1 N–H and O–H groups in total. The van der Waals surface area contributed by atoms with Crippen LogP contribution in [-0.2, 0) is 6.42 Å². The predicted octanol–water partition coefficient (Wildman–Crippen LogP) is 2.92. The number of rotatable bonds is 7. The molecule has 0 amide bonds. The predicted molar refractivity (Wildman–Crippen MR) is 69.2 cm³/mol. The number of nitro groups is 1. The summed E-state index contributed by atoms with van der Waals surface area (Å²) in [7, 11) is 1.97. The second-order valence-electron chi connectivity index (χ2n) is 4.24. The summed E-state index contributed by atoms with van der Waals surface area (Å²) in [6, 6.07) is 7.40. The SMILES string of the molecule is CCCC(CCc1cccc([N+](=O)[O-])c1)NC. The molecule has 0 aliphatic heterocycles. The lowest BCUT2D eigenvalue weighted by Crippen LogP contribution is -2.25. The maximum atomic E-state index is 10.6. The van der Waals surface area contributed by atoms with Crippen LogP contribution in [0.25, 0.3) is 0 Å². The van der Waals surface area contributed by atoms with E-state index in [4.69, 9.17) is 0 Å². The number of aryl methyl sites for hydroxylation is 1. The summed E-state index contributed by atoms with van der Waals surface area (Å²) in [4.78, 5) is 10.3. The van der Waals surface area contributed by atoms with Crippen molar-refractivity contribution < 1.29 is 4.92 Å². The number of hydrogen-bond acceptors (Lipinski definition) is 3. The third-order valence-electron chi connectivity index (χ3n) is 2.95. The molecular formula is C13H20N2O2. The van der Waals surface area contributed by atoms with Crippen LogP contribution < -0.4 is 5.32 Å². The van der Waals surface area contributed by atoms with E-state index in [-0.39, 0.29) is 10.6 Å². The van der Waals surface area contributed by atoms with Gasteiger partial charge in [-0.15, -0.1) is 0 Å². The highest BCUT2D eigenvalue weighted by Crippen LogP contribution is 2.15. The van der Waals surface area contributed by atoms with Crippen molar-refractivity contribution in [1.29, 1.82) is 0 Å². The normalized spacial score (nSPS) is 12.4. The van der Waals surface area contributed by atoms with Gasteiger partial charge in [0.2, 0.25) is 0 Å². The lowest BCUT2D eigenvalue weighted by atomic mass is 10.0. The van der Waals surface area contributed by atoms with Crippen LogP contribution in [0, 0.1) is 10.1 Å². The first-order chi connectivity index (χ1) is 8.17. The molecule has 0 bridgehead atoms. The van der Waals surface area contributed by atoms with E-state index in [0.717, 1.165) is 31.2 Å². The summed E-state index contributed by atoms with van der Waals surface area (Å²) in [6.45, 7) is 2.16. The number of non-ortho nitro benzene ring substituents is 1. The van der Waals surface area contributed by atoms with Crippen molar-refractivity contribution in [2.45, 2.75) is 38.6 Å². The summed E-state index contributed by atoms with van der Waals surface area (Å²) in [5.41, 5.74) is 1.22. The fourth-order valence-corrected chi connectivity index (χ4v) is 1.95. The van der Waals surface area contributed by atoms with Crippen molar-refractivity contribution in [3.63, 3.8) is 0 Å². The molecule has 1 unspecified atom stereocenters. The highest BCUT2D eigenvalue weighted by molar-refractivity contribution is 5.34. The third-order valence-corrected chi connectivity index (χ3v) is 2.95. The minimum atomic E-state index is -0.342. The van der Waals surface area contributed by atoms with E-state index in [9.17, 15) is 10.1 Å². The summed E-state index contributed by atoms with van der Waals surface area (Å²) in [5, 5.41) is 13.9. The Hall–Kier alpha value is -1.42. The van der Waals surface area contributed by atoms with Crippen molar-refractivity contribution in [3.05, 3.63) is 39.9 Å². The van der Waals surface area contributed by atoms with Gasteiger partial charge in [0.1, 0.15) is 0 Å². The zero-order valence-corrected chi connectivity index (χ0v) is 10.5. The molecular weight excluding hydrogens is 216 g/mol. The lowest BCUT2D eigenvalue weighted by molar-refractivity contribution is -0.384. The Balaban J connectivity index is 2.56. The molecule has 1 aromatic rings. The molecule has 4 heteroatoms. The van der Waals surface area contributed by atoms with Crippen LogP contribution >= 0.6 is 0 Å². The van der Waals surface area contributed by atoms with Crippen LogP contribution in [-0.4, -0.2) is 18.0 Å². The molecule has 0 fully saturated rings. The molecule has 94 valence electrons. The molecule has 0 aliphatic carbocycles. The van der Waals surface area contributed by atoms with E-state index in [1.165, 1.54) is 6.07 Å². The van der Waals surface area contributed by atoms with E-state index in [2.05, 4.69) is 12.2 Å². The Morgan fingerprint density at radius 1 is 1.41 bits per heavy atom. The first-order valence-electron chi connectivity index (χ1n) is 6.08. The Morgan fingerprint density at radius 2 is 2.18 bits per heavy atom. The Bertz CT molecular complexity index is 366. The largest absolute Gasteiger partial charge is 0.317 e. The van der Waals surface area contributed by atoms with Crippen LogP contribution in [0.1, 0.15) is 31.7 Å². The lowest BCUT2D eigenvalue weighted by Gasteiger charge is -2.14. The molecule has 0 radical (unpaired) electrons. The Morgan fingerprint density at radius 3 is 2.76 bits per heavy atom. The second kappa shape index (κ2) is 7.01. The maximum Gasteiger partial charge on any atom is 0.269 e. The summed E-state index contributed by atoms with van der Waals surface area (Å²) in [6.07, 6.45) is 4.20. The fourth-order valence-electron chi connectivity index (χ4n) is 1.95. The quantitative estimate of drug-likeness (QED) is 0.585. The molecule has 0 aliphatic rings. The van der Waals surface area contributed by atoms with Gasteiger partial charge in [-0.3, -0.25) is 10.1 Å². The Kier molecular flexibility index (Phi) is 5.63. The fraction of sp³-hybridized carbons (Fsp3) is 0.538. The number of nitrogens with one attached hydrogen (secondary N) is 1. The summed E-state index contributed by atoms with van der Waals surface area (Å²) >= 11 is 0. The molecule has 0 saturated carbocycles. The molecule has 1 atom stereocenters. The van der Waals surface area contributed by atoms with Gasteiger partial charge in [0.15, 0.2) is 0 Å². The zero-order valence-electron chi connectivity index (χ0n) is 10.5. The first kappa shape index (κ1) is 13.6. The molecule has 1 rings (SSSR count). The van der Waals surface area contributed by atoms with Crippen LogP contribution in [0.15, 0.2) is 24.3 Å². The minimum absolute atomic E-state index is 0.180. The monoisotopic (exact) mass is 236 g/mol. The van der Waals surface area contributed by atoms with Gasteiger partial charge >= 0.3 is 0 Å². The standard InChI is InChI=1S/C13H20N2O2/c1-3-5-12(14-2)9-8-11-6-4-7-13(10-11)15(16)17/h4,6-7,10,12,14H,3,5,8-9H2,1-2H3. The van der Waals surface area contributed by atoms with Crippen molar-refractivity contribution in [2.24, 2.45) is 0 Å². The molecule has 4 nitrogen and oxygen atoms in total. The molecule has 0 heterocycles. The zero-order chi connectivity index (χ0) is 12.7. The second-order valence-corrected chi connectivity index (χ2v) is 4.24. The summed E-state index contributed by atoms with van der Waals surface area (Å²) < 4.78 is 0. The van der Waals surface area contributed by atoms with E-state index in [1.54, 1.807) is 12.1 Å². The van der Waals surface area contributed by atoms with Crippen molar-refractivity contribution in [3.8, 4) is 0 Å². The highest BCUT2D eigenvalue weighted by atomic mass is 16.6. The van der Waals surface area contributed by atoms with Gasteiger partial charge in [-0.1, -0.05) is 25.5 Å². The van der Waals surface area contributed by atoms with E-state index in [1.807, 2.05) is 13.1 Å². The topological polar surface area (TPSA) is 55.2 Å².